The second-order valence-corrected chi connectivity index (χ2v) is 7.53. The summed E-state index contributed by atoms with van der Waals surface area (Å²) < 4.78 is 6.36. The first-order valence-electron chi connectivity index (χ1n) is 9.18. The van der Waals surface area contributed by atoms with Crippen LogP contribution in [-0.4, -0.2) is 28.4 Å². The molecule has 4 rings (SSSR count). The van der Waals surface area contributed by atoms with Crippen LogP contribution in [0.3, 0.4) is 0 Å². The molecule has 0 radical (unpaired) electrons. The van der Waals surface area contributed by atoms with Gasteiger partial charge in [-0.1, -0.05) is 30.3 Å². The normalized spacial score (nSPS) is 10.7. The second-order valence-electron chi connectivity index (χ2n) is 6.50. The lowest BCUT2D eigenvalue weighted by Crippen LogP contribution is -2.22. The highest BCUT2D eigenvalue weighted by Gasteiger charge is 2.17. The molecular weight excluding hydrogens is 400 g/mol. The molecule has 30 heavy (non-hydrogen) atoms. The van der Waals surface area contributed by atoms with Gasteiger partial charge in [-0.2, -0.15) is 0 Å². The Morgan fingerprint density at radius 3 is 2.53 bits per heavy atom. The minimum atomic E-state index is -0.589. The summed E-state index contributed by atoms with van der Waals surface area (Å²) in [5.74, 6) is -0.462. The van der Waals surface area contributed by atoms with Crippen LogP contribution in [0.1, 0.15) is 15.4 Å². The minimum Gasteiger partial charge on any atom is -0.481 e. The van der Waals surface area contributed by atoms with Crippen molar-refractivity contribution in [1.29, 1.82) is 0 Å². The van der Waals surface area contributed by atoms with Gasteiger partial charge in [0.1, 0.15) is 11.3 Å². The number of thiazole rings is 1. The summed E-state index contributed by atoms with van der Waals surface area (Å²) in [6, 6.07) is 17.1. The molecule has 0 saturated heterocycles. The van der Waals surface area contributed by atoms with E-state index < -0.39 is 5.91 Å². The van der Waals surface area contributed by atoms with Gasteiger partial charge in [-0.15, -0.1) is 11.3 Å². The van der Waals surface area contributed by atoms with Crippen LogP contribution in [0.4, 0.5) is 0 Å². The largest absolute Gasteiger partial charge is 0.481 e. The van der Waals surface area contributed by atoms with Gasteiger partial charge >= 0.3 is 0 Å². The second kappa shape index (κ2) is 8.71. The topological polar surface area (TPSA) is 107 Å². The number of ether oxygens (including phenoxy) is 1. The minimum absolute atomic E-state index is 0.272. The third kappa shape index (κ3) is 4.44. The highest BCUT2D eigenvalue weighted by molar-refractivity contribution is 7.20. The van der Waals surface area contributed by atoms with Crippen molar-refractivity contribution in [3.63, 3.8) is 0 Å². The fraction of sp³-hybridized carbons (Fsp3) is 0.0909. The van der Waals surface area contributed by atoms with E-state index in [9.17, 15) is 9.59 Å². The lowest BCUT2D eigenvalue weighted by molar-refractivity contribution is -0.119. The number of nitrogens with zero attached hydrogens (tertiary/aromatic N) is 2. The quantitative estimate of drug-likeness (QED) is 0.479. The fourth-order valence-electron chi connectivity index (χ4n) is 2.92. The molecule has 150 valence electrons. The van der Waals surface area contributed by atoms with Crippen molar-refractivity contribution in [2.75, 3.05) is 6.61 Å². The molecule has 0 unspecified atom stereocenters. The van der Waals surface area contributed by atoms with E-state index in [2.05, 4.69) is 15.3 Å². The highest BCUT2D eigenvalue weighted by Crippen LogP contribution is 2.35. The number of benzene rings is 2. The molecule has 0 atom stereocenters. The van der Waals surface area contributed by atoms with E-state index >= 15 is 0 Å². The third-order valence-electron chi connectivity index (χ3n) is 4.33. The summed E-state index contributed by atoms with van der Waals surface area (Å²) in [5, 5.41) is 3.19. The molecule has 2 amide bonds. The molecule has 0 aliphatic rings. The third-order valence-corrected chi connectivity index (χ3v) is 5.33. The maximum atomic E-state index is 12.6. The predicted octanol–water partition coefficient (Wildman–Crippen LogP) is 3.15. The van der Waals surface area contributed by atoms with Crippen LogP contribution in [-0.2, 0) is 11.3 Å². The number of nitrogens with one attached hydrogen (secondary N) is 1. The summed E-state index contributed by atoms with van der Waals surface area (Å²) in [6.07, 6.45) is 3.39. The summed E-state index contributed by atoms with van der Waals surface area (Å²) in [7, 11) is 0. The van der Waals surface area contributed by atoms with Gasteiger partial charge in [0.25, 0.3) is 11.8 Å². The number of hydrogen-bond donors (Lipinski definition) is 2. The zero-order valence-electron chi connectivity index (χ0n) is 15.9. The first-order valence-corrected chi connectivity index (χ1v) is 10.00. The van der Waals surface area contributed by atoms with E-state index in [4.69, 9.17) is 10.5 Å². The van der Waals surface area contributed by atoms with Gasteiger partial charge in [-0.05, 0) is 41.0 Å². The lowest BCUT2D eigenvalue weighted by atomic mass is 10.1. The smallest absolute Gasteiger partial charge is 0.280 e. The first kappa shape index (κ1) is 19.5. The number of amides is 2. The average molecular weight is 418 g/mol. The maximum Gasteiger partial charge on any atom is 0.280 e. The summed E-state index contributed by atoms with van der Waals surface area (Å²) in [4.78, 5) is 32.3. The Bertz CT molecular complexity index is 1190. The number of carbonyl (C=O) groups is 2. The molecule has 7 nitrogen and oxygen atoms in total. The Morgan fingerprint density at radius 1 is 1.03 bits per heavy atom. The van der Waals surface area contributed by atoms with Crippen molar-refractivity contribution < 1.29 is 14.3 Å². The Kier molecular flexibility index (Phi) is 5.67. The van der Waals surface area contributed by atoms with Gasteiger partial charge in [0.15, 0.2) is 11.6 Å². The van der Waals surface area contributed by atoms with Crippen molar-refractivity contribution >= 4 is 33.4 Å². The monoisotopic (exact) mass is 418 g/mol. The van der Waals surface area contributed by atoms with Gasteiger partial charge in [-0.3, -0.25) is 14.6 Å². The van der Waals surface area contributed by atoms with E-state index in [1.165, 1.54) is 11.3 Å². The van der Waals surface area contributed by atoms with E-state index in [1.54, 1.807) is 18.5 Å². The number of fused-ring (bicyclic) bond motifs is 1. The Morgan fingerprint density at radius 2 is 1.80 bits per heavy atom. The zero-order chi connectivity index (χ0) is 20.9. The molecule has 0 saturated carbocycles. The van der Waals surface area contributed by atoms with E-state index in [0.29, 0.717) is 22.8 Å². The molecule has 4 aromatic rings. The Balaban J connectivity index is 1.66. The summed E-state index contributed by atoms with van der Waals surface area (Å²) >= 11 is 1.26. The number of pyridine rings is 1. The molecule has 8 heteroatoms. The van der Waals surface area contributed by atoms with E-state index in [-0.39, 0.29) is 12.5 Å². The molecule has 0 aliphatic carbocycles. The van der Waals surface area contributed by atoms with Gasteiger partial charge in [0.2, 0.25) is 0 Å². The standard InChI is InChI=1S/C22H18N4O3S/c23-19(27)13-29-17-10-16(15-6-8-24-9-7-15)11-18-20(17)26-22(30-18)21(28)25-12-14-4-2-1-3-5-14/h1-11H,12-13H2,(H2,23,27)(H,25,28). The molecule has 0 bridgehead atoms. The molecule has 0 aliphatic heterocycles. The predicted molar refractivity (Wildman–Crippen MR) is 115 cm³/mol. The molecule has 0 spiro atoms. The Hall–Kier alpha value is -3.78. The molecule has 3 N–H and O–H groups in total. The lowest BCUT2D eigenvalue weighted by Gasteiger charge is -2.08. The average Bonchev–Trinajstić information content (AvgIpc) is 3.21. The van der Waals surface area contributed by atoms with Crippen LogP contribution < -0.4 is 15.8 Å². The molecule has 0 fully saturated rings. The maximum absolute atomic E-state index is 12.6. The van der Waals surface area contributed by atoms with Crippen molar-refractivity contribution in [1.82, 2.24) is 15.3 Å². The number of aromatic nitrogens is 2. The molecule has 2 aromatic heterocycles. The van der Waals surface area contributed by atoms with Crippen molar-refractivity contribution in [2.24, 2.45) is 5.73 Å². The van der Waals surface area contributed by atoms with Crippen molar-refractivity contribution in [3.05, 3.63) is 77.6 Å². The van der Waals surface area contributed by atoms with Gasteiger partial charge in [-0.25, -0.2) is 4.98 Å². The van der Waals surface area contributed by atoms with Crippen LogP contribution in [0.2, 0.25) is 0 Å². The SMILES string of the molecule is NC(=O)COc1cc(-c2ccncc2)cc2sc(C(=O)NCc3ccccc3)nc12. The number of carbonyl (C=O) groups excluding carboxylic acids is 2. The van der Waals surface area contributed by atoms with Crippen LogP contribution in [0, 0.1) is 0 Å². The van der Waals surface area contributed by atoms with Crippen LogP contribution in [0.25, 0.3) is 21.3 Å². The summed E-state index contributed by atoms with van der Waals surface area (Å²) in [5.41, 5.74) is 8.54. The molecule has 2 aromatic carbocycles. The van der Waals surface area contributed by atoms with E-state index in [1.807, 2.05) is 48.5 Å². The van der Waals surface area contributed by atoms with Gasteiger partial charge < -0.3 is 15.8 Å². The fourth-order valence-corrected chi connectivity index (χ4v) is 3.86. The number of nitrogens with two attached hydrogens (primary N) is 1. The number of primary amides is 1. The van der Waals surface area contributed by atoms with E-state index in [0.717, 1.165) is 21.4 Å². The highest BCUT2D eigenvalue weighted by atomic mass is 32.1. The summed E-state index contributed by atoms with van der Waals surface area (Å²) in [6.45, 7) is 0.130. The van der Waals surface area contributed by atoms with Crippen LogP contribution >= 0.6 is 11.3 Å². The van der Waals surface area contributed by atoms with Crippen molar-refractivity contribution in [2.45, 2.75) is 6.54 Å². The van der Waals surface area contributed by atoms with Gasteiger partial charge in [0, 0.05) is 18.9 Å². The zero-order valence-corrected chi connectivity index (χ0v) is 16.7. The number of hydrogen-bond acceptors (Lipinski definition) is 6. The van der Waals surface area contributed by atoms with Crippen LogP contribution in [0.15, 0.2) is 67.0 Å². The molecular formula is C22H18N4O3S. The number of rotatable bonds is 7. The first-order chi connectivity index (χ1) is 14.6. The van der Waals surface area contributed by atoms with Gasteiger partial charge in [0.05, 0.1) is 4.70 Å². The van der Waals surface area contributed by atoms with Crippen molar-refractivity contribution in [3.8, 4) is 16.9 Å². The Labute approximate surface area is 176 Å². The van der Waals surface area contributed by atoms with Crippen LogP contribution in [0.5, 0.6) is 5.75 Å². The molecule has 2 heterocycles.